The predicted octanol–water partition coefficient (Wildman–Crippen LogP) is 4.13. The summed E-state index contributed by atoms with van der Waals surface area (Å²) in [5.41, 5.74) is 0. The summed E-state index contributed by atoms with van der Waals surface area (Å²) >= 11 is 0. The molecule has 1 aliphatic carbocycles. The Morgan fingerprint density at radius 1 is 0.895 bits per heavy atom. The lowest BCUT2D eigenvalue weighted by Crippen LogP contribution is -2.28. The van der Waals surface area contributed by atoms with E-state index in [0.29, 0.717) is 23.4 Å². The van der Waals surface area contributed by atoms with Crippen LogP contribution < -0.4 is 0 Å². The van der Waals surface area contributed by atoms with E-state index in [2.05, 4.69) is 13.8 Å². The maximum Gasteiger partial charge on any atom is 0.138 e. The third-order valence-corrected chi connectivity index (χ3v) is 4.92. The first-order valence-electron chi connectivity index (χ1n) is 7.83. The topological polar surface area (TPSA) is 34.1 Å². The predicted molar refractivity (Wildman–Crippen MR) is 78.8 cm³/mol. The van der Waals surface area contributed by atoms with E-state index in [0.717, 1.165) is 19.3 Å². The second kappa shape index (κ2) is 6.67. The molecule has 19 heavy (non-hydrogen) atoms. The van der Waals surface area contributed by atoms with Crippen LogP contribution in [0.2, 0.25) is 0 Å². The second-order valence-corrected chi connectivity index (χ2v) is 7.07. The lowest BCUT2D eigenvalue weighted by molar-refractivity contribution is -0.128. The van der Waals surface area contributed by atoms with Crippen LogP contribution in [0.5, 0.6) is 0 Å². The largest absolute Gasteiger partial charge is 0.299 e. The molecule has 1 fully saturated rings. The molecule has 4 unspecified atom stereocenters. The van der Waals surface area contributed by atoms with Crippen LogP contribution in [-0.4, -0.2) is 11.6 Å². The first-order chi connectivity index (χ1) is 8.75. The third kappa shape index (κ3) is 3.90. The van der Waals surface area contributed by atoms with Crippen LogP contribution in [0.3, 0.4) is 0 Å². The highest BCUT2D eigenvalue weighted by atomic mass is 16.1. The highest BCUT2D eigenvalue weighted by Gasteiger charge is 2.36. The van der Waals surface area contributed by atoms with Gasteiger partial charge in [-0.1, -0.05) is 41.5 Å². The summed E-state index contributed by atoms with van der Waals surface area (Å²) in [6.07, 6.45) is 2.75. The van der Waals surface area contributed by atoms with Crippen LogP contribution in [0.15, 0.2) is 0 Å². The fourth-order valence-electron chi connectivity index (χ4n) is 3.38. The molecule has 4 atom stereocenters. The van der Waals surface area contributed by atoms with E-state index in [-0.39, 0.29) is 23.7 Å². The van der Waals surface area contributed by atoms with E-state index in [1.165, 1.54) is 0 Å². The zero-order valence-electron chi connectivity index (χ0n) is 13.4. The van der Waals surface area contributed by atoms with Crippen molar-refractivity contribution in [2.24, 2.45) is 35.5 Å². The van der Waals surface area contributed by atoms with Crippen molar-refractivity contribution in [2.75, 3.05) is 0 Å². The first-order valence-corrected chi connectivity index (χ1v) is 7.83. The lowest BCUT2D eigenvalue weighted by Gasteiger charge is -2.26. The highest BCUT2D eigenvalue weighted by Crippen LogP contribution is 2.38. The van der Waals surface area contributed by atoms with Gasteiger partial charge in [0.1, 0.15) is 11.6 Å². The molecule has 1 rings (SSSR count). The molecule has 0 heterocycles. The molecule has 0 saturated heterocycles. The van der Waals surface area contributed by atoms with E-state index in [9.17, 15) is 9.59 Å². The molecule has 0 N–H and O–H groups in total. The molecule has 0 aliphatic heterocycles. The number of ketones is 2. The molecular formula is C17H30O2. The maximum atomic E-state index is 12.3. The molecule has 2 nitrogen and oxygen atoms in total. The molecule has 1 saturated carbocycles. The Hall–Kier alpha value is -0.660. The van der Waals surface area contributed by atoms with Crippen LogP contribution in [0, 0.1) is 35.5 Å². The summed E-state index contributed by atoms with van der Waals surface area (Å²) < 4.78 is 0. The van der Waals surface area contributed by atoms with Crippen molar-refractivity contribution < 1.29 is 9.59 Å². The summed E-state index contributed by atoms with van der Waals surface area (Å²) in [6, 6.07) is 0. The van der Waals surface area contributed by atoms with Gasteiger partial charge in [0.15, 0.2) is 0 Å². The van der Waals surface area contributed by atoms with Gasteiger partial charge in [-0.25, -0.2) is 0 Å². The molecule has 0 bridgehead atoms. The molecule has 0 aromatic rings. The van der Waals surface area contributed by atoms with Gasteiger partial charge in [-0.2, -0.15) is 0 Å². The monoisotopic (exact) mass is 266 g/mol. The molecule has 0 amide bonds. The Morgan fingerprint density at radius 2 is 1.42 bits per heavy atom. The van der Waals surface area contributed by atoms with Crippen LogP contribution in [0.1, 0.15) is 60.8 Å². The number of carbonyl (C=O) groups is 2. The van der Waals surface area contributed by atoms with E-state index in [4.69, 9.17) is 0 Å². The van der Waals surface area contributed by atoms with Gasteiger partial charge in [-0.05, 0) is 31.1 Å². The summed E-state index contributed by atoms with van der Waals surface area (Å²) in [5.74, 6) is 2.18. The molecule has 0 aromatic heterocycles. The minimum Gasteiger partial charge on any atom is -0.299 e. The standard InChI is InChI=1S/C17H30O2/c1-10(2)16(18)14-7-8-15(17(19)11(3)4)13(6)12(5)9-14/h10-15H,7-9H2,1-6H3. The molecule has 110 valence electrons. The fraction of sp³-hybridized carbons (Fsp3) is 0.882. The Kier molecular flexibility index (Phi) is 5.76. The zero-order chi connectivity index (χ0) is 14.7. The second-order valence-electron chi connectivity index (χ2n) is 7.07. The highest BCUT2D eigenvalue weighted by molar-refractivity contribution is 5.84. The Labute approximate surface area is 118 Å². The average Bonchev–Trinajstić information content (AvgIpc) is 2.48. The van der Waals surface area contributed by atoms with Gasteiger partial charge in [0.05, 0.1) is 0 Å². The average molecular weight is 266 g/mol. The van der Waals surface area contributed by atoms with Crippen LogP contribution in [-0.2, 0) is 9.59 Å². The van der Waals surface area contributed by atoms with Crippen molar-refractivity contribution in [3.63, 3.8) is 0 Å². The smallest absolute Gasteiger partial charge is 0.138 e. The van der Waals surface area contributed by atoms with Gasteiger partial charge in [0, 0.05) is 23.7 Å². The molecule has 0 spiro atoms. The van der Waals surface area contributed by atoms with Gasteiger partial charge in [-0.3, -0.25) is 9.59 Å². The Morgan fingerprint density at radius 3 is 1.89 bits per heavy atom. The Bertz CT molecular complexity index is 330. The summed E-state index contributed by atoms with van der Waals surface area (Å²) in [7, 11) is 0. The summed E-state index contributed by atoms with van der Waals surface area (Å²) in [4.78, 5) is 24.6. The van der Waals surface area contributed by atoms with Crippen LogP contribution in [0.25, 0.3) is 0 Å². The Balaban J connectivity index is 2.83. The fourth-order valence-corrected chi connectivity index (χ4v) is 3.38. The zero-order valence-corrected chi connectivity index (χ0v) is 13.4. The van der Waals surface area contributed by atoms with Crippen molar-refractivity contribution >= 4 is 11.6 Å². The van der Waals surface area contributed by atoms with Crippen molar-refractivity contribution in [3.8, 4) is 0 Å². The van der Waals surface area contributed by atoms with Gasteiger partial charge < -0.3 is 0 Å². The number of carbonyl (C=O) groups excluding carboxylic acids is 2. The van der Waals surface area contributed by atoms with Crippen molar-refractivity contribution in [3.05, 3.63) is 0 Å². The number of hydrogen-bond acceptors (Lipinski definition) is 2. The van der Waals surface area contributed by atoms with E-state index in [1.807, 2.05) is 27.7 Å². The number of rotatable bonds is 4. The van der Waals surface area contributed by atoms with Crippen molar-refractivity contribution in [1.29, 1.82) is 0 Å². The van der Waals surface area contributed by atoms with Crippen molar-refractivity contribution in [2.45, 2.75) is 60.8 Å². The minimum absolute atomic E-state index is 0.108. The molecule has 2 heteroatoms. The maximum absolute atomic E-state index is 12.3. The summed E-state index contributed by atoms with van der Waals surface area (Å²) in [5, 5.41) is 0. The molecule has 0 aromatic carbocycles. The quantitative estimate of drug-likeness (QED) is 0.717. The minimum atomic E-state index is 0.108. The van der Waals surface area contributed by atoms with Gasteiger partial charge in [0.2, 0.25) is 0 Å². The van der Waals surface area contributed by atoms with Gasteiger partial charge >= 0.3 is 0 Å². The third-order valence-electron chi connectivity index (χ3n) is 4.92. The SMILES string of the molecule is CC(C)C(=O)C1CCC(C(=O)C(C)C)C(C)C(C)C1. The van der Waals surface area contributed by atoms with Gasteiger partial charge in [-0.15, -0.1) is 0 Å². The van der Waals surface area contributed by atoms with E-state index >= 15 is 0 Å². The van der Waals surface area contributed by atoms with Crippen molar-refractivity contribution in [1.82, 2.24) is 0 Å². The molecule has 1 aliphatic rings. The number of Topliss-reactive ketones (excluding diaryl/α,β-unsaturated/α-hetero) is 2. The van der Waals surface area contributed by atoms with E-state index < -0.39 is 0 Å². The lowest BCUT2D eigenvalue weighted by atomic mass is 9.77. The molecule has 0 radical (unpaired) electrons. The first kappa shape index (κ1) is 16.4. The van der Waals surface area contributed by atoms with Crippen LogP contribution in [0.4, 0.5) is 0 Å². The van der Waals surface area contributed by atoms with Gasteiger partial charge in [0.25, 0.3) is 0 Å². The van der Waals surface area contributed by atoms with E-state index in [1.54, 1.807) is 0 Å². The summed E-state index contributed by atoms with van der Waals surface area (Å²) in [6.45, 7) is 12.3. The number of hydrogen-bond donors (Lipinski definition) is 0. The normalized spacial score (nSPS) is 32.4. The molecular weight excluding hydrogens is 236 g/mol. The van der Waals surface area contributed by atoms with Crippen LogP contribution >= 0.6 is 0 Å².